The van der Waals surface area contributed by atoms with Crippen LogP contribution in [0.2, 0.25) is 0 Å². The molecule has 1 heterocycles. The number of nitrogens with one attached hydrogen (secondary N) is 2. The molecule has 1 aromatic heterocycles. The second-order valence-electron chi connectivity index (χ2n) is 3.79. The lowest BCUT2D eigenvalue weighted by atomic mass is 9.93. The Morgan fingerprint density at radius 3 is 3.00 bits per heavy atom. The van der Waals surface area contributed by atoms with Crippen molar-refractivity contribution in [3.05, 3.63) is 12.2 Å². The minimum absolute atomic E-state index is 0.132. The van der Waals surface area contributed by atoms with Gasteiger partial charge in [0.2, 0.25) is 0 Å². The smallest absolute Gasteiger partial charge is 0.315 e. The topological polar surface area (TPSA) is 71.8 Å². The highest BCUT2D eigenvalue weighted by Gasteiger charge is 2.19. The number of hydrogen-bond donors (Lipinski definition) is 2. The summed E-state index contributed by atoms with van der Waals surface area (Å²) in [6, 6.07) is 0.230. The van der Waals surface area contributed by atoms with Crippen molar-refractivity contribution in [2.45, 2.75) is 31.8 Å². The van der Waals surface area contributed by atoms with E-state index in [0.717, 1.165) is 12.8 Å². The van der Waals surface area contributed by atoms with Gasteiger partial charge in [0, 0.05) is 13.1 Å². The van der Waals surface area contributed by atoms with Crippen LogP contribution in [-0.2, 0) is 13.6 Å². The Labute approximate surface area is 88.1 Å². The lowest BCUT2D eigenvalue weighted by molar-refractivity contribution is 0.228. The Morgan fingerprint density at radius 2 is 2.47 bits per heavy atom. The van der Waals surface area contributed by atoms with Crippen LogP contribution in [0.25, 0.3) is 0 Å². The van der Waals surface area contributed by atoms with Crippen LogP contribution in [-0.4, -0.2) is 26.8 Å². The molecule has 0 aliphatic heterocycles. The summed E-state index contributed by atoms with van der Waals surface area (Å²) >= 11 is 0. The maximum Gasteiger partial charge on any atom is 0.315 e. The molecule has 0 bridgehead atoms. The molecule has 0 spiro atoms. The van der Waals surface area contributed by atoms with Gasteiger partial charge in [0.15, 0.2) is 5.82 Å². The first-order valence-corrected chi connectivity index (χ1v) is 5.13. The standard InChI is InChI=1S/C9H15N5O/c1-14-6-11-8(13-14)5-10-9(15)12-7-3-2-4-7/h6-7H,2-5H2,1H3,(H2,10,12,15). The summed E-state index contributed by atoms with van der Waals surface area (Å²) in [7, 11) is 1.80. The van der Waals surface area contributed by atoms with E-state index >= 15 is 0 Å². The molecule has 0 radical (unpaired) electrons. The van der Waals surface area contributed by atoms with Crippen LogP contribution >= 0.6 is 0 Å². The summed E-state index contributed by atoms with van der Waals surface area (Å²) in [5, 5.41) is 9.66. The Kier molecular flexibility index (Phi) is 2.84. The van der Waals surface area contributed by atoms with E-state index < -0.39 is 0 Å². The first-order chi connectivity index (χ1) is 7.24. The number of amides is 2. The normalized spacial score (nSPS) is 15.8. The second kappa shape index (κ2) is 4.29. The Balaban J connectivity index is 1.70. The number of aromatic nitrogens is 3. The van der Waals surface area contributed by atoms with E-state index in [-0.39, 0.29) is 6.03 Å². The van der Waals surface area contributed by atoms with E-state index in [1.165, 1.54) is 6.42 Å². The highest BCUT2D eigenvalue weighted by atomic mass is 16.2. The fourth-order valence-corrected chi connectivity index (χ4v) is 1.41. The van der Waals surface area contributed by atoms with Crippen molar-refractivity contribution in [1.29, 1.82) is 0 Å². The molecular weight excluding hydrogens is 194 g/mol. The first-order valence-electron chi connectivity index (χ1n) is 5.13. The van der Waals surface area contributed by atoms with Gasteiger partial charge in [0.1, 0.15) is 6.33 Å². The van der Waals surface area contributed by atoms with Gasteiger partial charge in [-0.1, -0.05) is 0 Å². The molecule has 82 valence electrons. The van der Waals surface area contributed by atoms with E-state index in [1.54, 1.807) is 18.1 Å². The van der Waals surface area contributed by atoms with E-state index in [9.17, 15) is 4.79 Å². The van der Waals surface area contributed by atoms with Crippen molar-refractivity contribution in [1.82, 2.24) is 25.4 Å². The van der Waals surface area contributed by atoms with E-state index in [1.807, 2.05) is 0 Å². The van der Waals surface area contributed by atoms with Crippen molar-refractivity contribution < 1.29 is 4.79 Å². The molecule has 0 aromatic carbocycles. The molecule has 0 atom stereocenters. The van der Waals surface area contributed by atoms with Crippen LogP contribution in [0.3, 0.4) is 0 Å². The van der Waals surface area contributed by atoms with Gasteiger partial charge in [0.05, 0.1) is 6.54 Å². The van der Waals surface area contributed by atoms with Gasteiger partial charge >= 0.3 is 6.03 Å². The molecule has 1 aromatic rings. The molecule has 1 aliphatic carbocycles. The molecular formula is C9H15N5O. The largest absolute Gasteiger partial charge is 0.335 e. The fourth-order valence-electron chi connectivity index (χ4n) is 1.41. The molecule has 1 aliphatic rings. The third-order valence-electron chi connectivity index (χ3n) is 2.49. The molecule has 1 fully saturated rings. The zero-order valence-corrected chi connectivity index (χ0v) is 8.73. The predicted molar refractivity (Wildman–Crippen MR) is 54.0 cm³/mol. The first kappa shape index (κ1) is 9.95. The maximum absolute atomic E-state index is 11.3. The number of hydrogen-bond acceptors (Lipinski definition) is 3. The highest BCUT2D eigenvalue weighted by Crippen LogP contribution is 2.17. The Bertz CT molecular complexity index is 344. The van der Waals surface area contributed by atoms with Gasteiger partial charge in [-0.2, -0.15) is 5.10 Å². The minimum Gasteiger partial charge on any atom is -0.335 e. The van der Waals surface area contributed by atoms with Crippen LogP contribution < -0.4 is 10.6 Å². The third-order valence-corrected chi connectivity index (χ3v) is 2.49. The van der Waals surface area contributed by atoms with Crippen LogP contribution in [0.5, 0.6) is 0 Å². The second-order valence-corrected chi connectivity index (χ2v) is 3.79. The summed E-state index contributed by atoms with van der Waals surface area (Å²) in [6.07, 6.45) is 5.01. The van der Waals surface area contributed by atoms with Crippen molar-refractivity contribution in [2.24, 2.45) is 7.05 Å². The minimum atomic E-state index is -0.132. The third kappa shape index (κ3) is 2.68. The number of carbonyl (C=O) groups is 1. The average Bonchev–Trinajstić information content (AvgIpc) is 2.55. The zero-order chi connectivity index (χ0) is 10.7. The van der Waals surface area contributed by atoms with Crippen molar-refractivity contribution in [2.75, 3.05) is 0 Å². The summed E-state index contributed by atoms with van der Waals surface area (Å²) in [6.45, 7) is 0.374. The van der Waals surface area contributed by atoms with Gasteiger partial charge in [-0.25, -0.2) is 9.78 Å². The average molecular weight is 209 g/mol. The molecule has 1 saturated carbocycles. The van der Waals surface area contributed by atoms with Gasteiger partial charge in [-0.15, -0.1) is 0 Å². The summed E-state index contributed by atoms with van der Waals surface area (Å²) in [4.78, 5) is 15.4. The zero-order valence-electron chi connectivity index (χ0n) is 8.73. The van der Waals surface area contributed by atoms with E-state index in [2.05, 4.69) is 20.7 Å². The van der Waals surface area contributed by atoms with Gasteiger partial charge in [0.25, 0.3) is 0 Å². The molecule has 0 unspecified atom stereocenters. The number of aryl methyl sites for hydroxylation is 1. The number of nitrogens with zero attached hydrogens (tertiary/aromatic N) is 3. The van der Waals surface area contributed by atoms with Crippen molar-refractivity contribution >= 4 is 6.03 Å². The highest BCUT2D eigenvalue weighted by molar-refractivity contribution is 5.74. The Morgan fingerprint density at radius 1 is 1.67 bits per heavy atom. The molecule has 2 rings (SSSR count). The van der Waals surface area contributed by atoms with E-state index in [0.29, 0.717) is 18.4 Å². The number of carbonyl (C=O) groups excluding carboxylic acids is 1. The summed E-state index contributed by atoms with van der Waals surface area (Å²) < 4.78 is 1.61. The molecule has 0 saturated heterocycles. The molecule has 2 amide bonds. The monoisotopic (exact) mass is 209 g/mol. The van der Waals surface area contributed by atoms with E-state index in [4.69, 9.17) is 0 Å². The molecule has 2 N–H and O–H groups in total. The predicted octanol–water partition coefficient (Wildman–Crippen LogP) is 0.167. The van der Waals surface area contributed by atoms with Gasteiger partial charge < -0.3 is 10.6 Å². The number of rotatable bonds is 3. The van der Waals surface area contributed by atoms with Crippen molar-refractivity contribution in [3.63, 3.8) is 0 Å². The van der Waals surface area contributed by atoms with Crippen LogP contribution in [0.4, 0.5) is 4.79 Å². The summed E-state index contributed by atoms with van der Waals surface area (Å²) in [5.74, 6) is 0.626. The molecule has 15 heavy (non-hydrogen) atoms. The van der Waals surface area contributed by atoms with Gasteiger partial charge in [-0.3, -0.25) is 4.68 Å². The van der Waals surface area contributed by atoms with Gasteiger partial charge in [-0.05, 0) is 19.3 Å². The van der Waals surface area contributed by atoms with Crippen LogP contribution in [0.1, 0.15) is 25.1 Å². The lowest BCUT2D eigenvalue weighted by Crippen LogP contribution is -2.44. The number of urea groups is 1. The van der Waals surface area contributed by atoms with Crippen LogP contribution in [0.15, 0.2) is 6.33 Å². The maximum atomic E-state index is 11.3. The van der Waals surface area contributed by atoms with Crippen molar-refractivity contribution in [3.8, 4) is 0 Å². The quantitative estimate of drug-likeness (QED) is 0.745. The summed E-state index contributed by atoms with van der Waals surface area (Å²) in [5.41, 5.74) is 0. The fraction of sp³-hybridized carbons (Fsp3) is 0.667. The SMILES string of the molecule is Cn1cnc(CNC(=O)NC2CCC2)n1. The molecule has 6 nitrogen and oxygen atoms in total. The lowest BCUT2D eigenvalue weighted by Gasteiger charge is -2.26. The Hall–Kier alpha value is -1.59. The molecule has 6 heteroatoms. The van der Waals surface area contributed by atoms with Crippen LogP contribution in [0, 0.1) is 0 Å².